The second-order valence-corrected chi connectivity index (χ2v) is 10.2. The average molecular weight is 509 g/mol. The topological polar surface area (TPSA) is 71.1 Å². The molecule has 0 aliphatic carbocycles. The van der Waals surface area contributed by atoms with Crippen molar-refractivity contribution in [3.05, 3.63) is 42.0 Å². The zero-order valence-electron chi connectivity index (χ0n) is 21.9. The van der Waals surface area contributed by atoms with Gasteiger partial charge in [-0.1, -0.05) is 76.7 Å². The molecule has 0 radical (unpaired) electrons. The van der Waals surface area contributed by atoms with Gasteiger partial charge in [0.05, 0.1) is 5.56 Å². The van der Waals surface area contributed by atoms with Crippen LogP contribution in [0.4, 0.5) is 0 Å². The number of esters is 2. The summed E-state index contributed by atoms with van der Waals surface area (Å²) in [6, 6.07) is 7.12. The first-order chi connectivity index (χ1) is 16.9. The lowest BCUT2D eigenvalue weighted by atomic mass is 10.1. The molecule has 0 bridgehead atoms. The summed E-state index contributed by atoms with van der Waals surface area (Å²) in [5, 5.41) is 0. The third-order valence-electron chi connectivity index (χ3n) is 5.24. The average Bonchev–Trinajstić information content (AvgIpc) is 2.85. The maximum absolute atomic E-state index is 12.0. The van der Waals surface area contributed by atoms with Gasteiger partial charge in [-0.2, -0.15) is 11.8 Å². The lowest BCUT2D eigenvalue weighted by Crippen LogP contribution is -2.29. The molecule has 0 amide bonds. The molecule has 0 saturated carbocycles. The van der Waals surface area contributed by atoms with Crippen LogP contribution in [-0.4, -0.2) is 48.9 Å². The number of ether oxygens (including phenoxy) is 2. The summed E-state index contributed by atoms with van der Waals surface area (Å²) in [6.07, 6.45) is 11.8. The second kappa shape index (κ2) is 19.4. The first-order valence-corrected chi connectivity index (χ1v) is 14.0. The molecule has 0 N–H and O–H groups in total. The molecule has 0 aliphatic rings. The normalized spacial score (nSPS) is 11.3. The lowest BCUT2D eigenvalue weighted by Gasteiger charge is -2.23. The lowest BCUT2D eigenvalue weighted by molar-refractivity contribution is -0.349. The van der Waals surface area contributed by atoms with Crippen molar-refractivity contribution in [3.8, 4) is 0 Å². The molecule has 6 nitrogen and oxygen atoms in total. The largest absolute Gasteiger partial charge is 0.463 e. The highest BCUT2D eigenvalue weighted by Gasteiger charge is 2.20. The number of carbonyl (C=O) groups is 2. The van der Waals surface area contributed by atoms with Gasteiger partial charge in [0.2, 0.25) is 0 Å². The zero-order valence-corrected chi connectivity index (χ0v) is 22.7. The third kappa shape index (κ3) is 16.5. The van der Waals surface area contributed by atoms with Gasteiger partial charge in [0, 0.05) is 17.9 Å². The van der Waals surface area contributed by atoms with Crippen LogP contribution in [-0.2, 0) is 24.0 Å². The summed E-state index contributed by atoms with van der Waals surface area (Å²) in [5.41, 5.74) is 0.964. The molecule has 0 spiro atoms. The zero-order chi connectivity index (χ0) is 25.8. The number of benzene rings is 1. The summed E-state index contributed by atoms with van der Waals surface area (Å²) in [6.45, 7) is 10.4. The minimum absolute atomic E-state index is 0.180. The van der Waals surface area contributed by atoms with Crippen molar-refractivity contribution in [1.82, 2.24) is 0 Å². The number of hydrogen-bond donors (Lipinski definition) is 0. The van der Waals surface area contributed by atoms with Crippen molar-refractivity contribution in [1.29, 1.82) is 0 Å². The third-order valence-corrected chi connectivity index (χ3v) is 6.60. The first kappa shape index (κ1) is 31.2. The summed E-state index contributed by atoms with van der Waals surface area (Å²) in [7, 11) is 0. The quantitative estimate of drug-likeness (QED) is 0.0764. The SMILES string of the molecule is C=Cc1ccc(C(=O)OCCSCC(C)(C)OOCCOC(=O)CCCCCCCCCC)cc1. The minimum atomic E-state index is -0.518. The summed E-state index contributed by atoms with van der Waals surface area (Å²) < 4.78 is 10.5. The molecule has 198 valence electrons. The van der Waals surface area contributed by atoms with Crippen LogP contribution in [0, 0.1) is 0 Å². The standard InChI is InChI=1S/C28H44O6S/c1-5-7-8-9-10-11-12-13-14-26(29)31-19-20-33-34-28(3,4)23-35-22-21-32-27(30)25-17-15-24(6-2)16-18-25/h6,15-18H,2,5,7-14,19-23H2,1,3-4H3. The summed E-state index contributed by atoms with van der Waals surface area (Å²) in [4.78, 5) is 34.5. The van der Waals surface area contributed by atoms with E-state index >= 15 is 0 Å². The van der Waals surface area contributed by atoms with Gasteiger partial charge in [0.1, 0.15) is 25.4 Å². The molecular weight excluding hydrogens is 464 g/mol. The number of carbonyl (C=O) groups excluding carboxylic acids is 2. The Morgan fingerprint density at radius 2 is 1.57 bits per heavy atom. The van der Waals surface area contributed by atoms with Crippen LogP contribution in [0.5, 0.6) is 0 Å². The van der Waals surface area contributed by atoms with Crippen molar-refractivity contribution < 1.29 is 28.8 Å². The second-order valence-electron chi connectivity index (χ2n) is 9.12. The molecule has 1 aromatic rings. The summed E-state index contributed by atoms with van der Waals surface area (Å²) in [5.74, 6) is 0.800. The van der Waals surface area contributed by atoms with Crippen LogP contribution in [0.25, 0.3) is 6.08 Å². The number of rotatable bonds is 21. The van der Waals surface area contributed by atoms with Crippen LogP contribution >= 0.6 is 11.8 Å². The fraction of sp³-hybridized carbons (Fsp3) is 0.643. The summed E-state index contributed by atoms with van der Waals surface area (Å²) >= 11 is 1.61. The Bertz CT molecular complexity index is 717. The van der Waals surface area contributed by atoms with Gasteiger partial charge < -0.3 is 9.47 Å². The van der Waals surface area contributed by atoms with Crippen LogP contribution in [0.1, 0.15) is 94.5 Å². The Morgan fingerprint density at radius 1 is 0.914 bits per heavy atom. The van der Waals surface area contributed by atoms with E-state index in [4.69, 9.17) is 19.2 Å². The van der Waals surface area contributed by atoms with E-state index in [-0.39, 0.29) is 25.2 Å². The monoisotopic (exact) mass is 508 g/mol. The number of thioether (sulfide) groups is 1. The van der Waals surface area contributed by atoms with Crippen LogP contribution in [0.15, 0.2) is 30.8 Å². The fourth-order valence-electron chi connectivity index (χ4n) is 3.24. The molecular formula is C28H44O6S. The van der Waals surface area contributed by atoms with E-state index in [2.05, 4.69) is 13.5 Å². The van der Waals surface area contributed by atoms with E-state index in [0.29, 0.717) is 30.1 Å². The maximum atomic E-state index is 12.0. The van der Waals surface area contributed by atoms with Crippen molar-refractivity contribution in [3.63, 3.8) is 0 Å². The molecule has 0 atom stereocenters. The van der Waals surface area contributed by atoms with Gasteiger partial charge in [-0.25, -0.2) is 14.6 Å². The molecule has 7 heteroatoms. The molecule has 1 aromatic carbocycles. The molecule has 0 fully saturated rings. The van der Waals surface area contributed by atoms with Gasteiger partial charge >= 0.3 is 11.9 Å². The van der Waals surface area contributed by atoms with Gasteiger partial charge in [0.25, 0.3) is 0 Å². The molecule has 35 heavy (non-hydrogen) atoms. The van der Waals surface area contributed by atoms with E-state index in [9.17, 15) is 9.59 Å². The van der Waals surface area contributed by atoms with Gasteiger partial charge in [0.15, 0.2) is 0 Å². The Balaban J connectivity index is 2.00. The molecule has 0 saturated heterocycles. The van der Waals surface area contributed by atoms with E-state index < -0.39 is 5.60 Å². The van der Waals surface area contributed by atoms with Crippen molar-refractivity contribution >= 4 is 29.8 Å². The Morgan fingerprint density at radius 3 is 2.23 bits per heavy atom. The van der Waals surface area contributed by atoms with Crippen LogP contribution in [0.2, 0.25) is 0 Å². The van der Waals surface area contributed by atoms with Crippen molar-refractivity contribution in [2.24, 2.45) is 0 Å². The Labute approximate surface area is 216 Å². The molecule has 0 aromatic heterocycles. The number of hydrogen-bond acceptors (Lipinski definition) is 7. The van der Waals surface area contributed by atoms with E-state index in [1.807, 2.05) is 26.0 Å². The van der Waals surface area contributed by atoms with Gasteiger partial charge in [-0.05, 0) is 38.0 Å². The maximum Gasteiger partial charge on any atom is 0.338 e. The highest BCUT2D eigenvalue weighted by atomic mass is 32.2. The molecule has 0 heterocycles. The highest BCUT2D eigenvalue weighted by Crippen LogP contribution is 2.17. The fourth-order valence-corrected chi connectivity index (χ4v) is 4.13. The van der Waals surface area contributed by atoms with Gasteiger partial charge in [-0.3, -0.25) is 4.79 Å². The van der Waals surface area contributed by atoms with Crippen LogP contribution in [0.3, 0.4) is 0 Å². The molecule has 0 aliphatic heterocycles. The number of unbranched alkanes of at least 4 members (excludes halogenated alkanes) is 7. The highest BCUT2D eigenvalue weighted by molar-refractivity contribution is 7.99. The Kier molecular flexibility index (Phi) is 17.3. The predicted molar refractivity (Wildman–Crippen MR) is 143 cm³/mol. The van der Waals surface area contributed by atoms with E-state index in [1.165, 1.54) is 38.5 Å². The minimum Gasteiger partial charge on any atom is -0.463 e. The molecule has 0 unspecified atom stereocenters. The molecule has 1 rings (SSSR count). The first-order valence-electron chi connectivity index (χ1n) is 12.8. The van der Waals surface area contributed by atoms with Crippen LogP contribution < -0.4 is 0 Å². The van der Waals surface area contributed by atoms with Gasteiger partial charge in [-0.15, -0.1) is 0 Å². The van der Waals surface area contributed by atoms with Crippen molar-refractivity contribution in [2.45, 2.75) is 84.2 Å². The van der Waals surface area contributed by atoms with E-state index in [0.717, 1.165) is 18.4 Å². The van der Waals surface area contributed by atoms with E-state index in [1.54, 1.807) is 30.0 Å². The Hall–Kier alpha value is -1.83. The van der Waals surface area contributed by atoms with Crippen molar-refractivity contribution in [2.75, 3.05) is 31.3 Å². The smallest absolute Gasteiger partial charge is 0.338 e. The predicted octanol–water partition coefficient (Wildman–Crippen LogP) is 7.02.